The number of hydrogen-bond donors (Lipinski definition) is 0. The summed E-state index contributed by atoms with van der Waals surface area (Å²) in [7, 11) is 0. The molecule has 3 aromatic rings. The molecule has 0 saturated carbocycles. The summed E-state index contributed by atoms with van der Waals surface area (Å²) < 4.78 is 0. The molecule has 0 aromatic heterocycles. The van der Waals surface area contributed by atoms with E-state index in [9.17, 15) is 15.3 Å². The number of nitrogens with zero attached hydrogens (tertiary/aromatic N) is 2. The molecule has 4 heteroatoms. The molecule has 3 aromatic carbocycles. The Bertz CT molecular complexity index is 1240. The van der Waals surface area contributed by atoms with Gasteiger partial charge in [0.1, 0.15) is 17.7 Å². The molecule has 1 aliphatic carbocycles. The number of nitriles is 2. The van der Waals surface area contributed by atoms with Crippen molar-refractivity contribution in [3.05, 3.63) is 76.9 Å². The standard InChI is InChI=1S/C24H16N2OS/c1-14(2)15-6-8-16(9-7-15)28-22-11-10-17-20(12-25)21(13-26)24(27)19-5-3-4-18(22)23(17)19/h3-11,14H,1-2H3. The maximum Gasteiger partial charge on any atom is 0.205 e. The van der Waals surface area contributed by atoms with Crippen LogP contribution < -0.4 is 0 Å². The molecule has 28 heavy (non-hydrogen) atoms. The molecule has 0 radical (unpaired) electrons. The summed E-state index contributed by atoms with van der Waals surface area (Å²) in [6.45, 7) is 4.34. The molecule has 0 saturated heterocycles. The molecular weight excluding hydrogens is 364 g/mol. The van der Waals surface area contributed by atoms with Crippen molar-refractivity contribution in [3.63, 3.8) is 0 Å². The highest BCUT2D eigenvalue weighted by Crippen LogP contribution is 2.41. The van der Waals surface area contributed by atoms with Crippen LogP contribution in [0.5, 0.6) is 0 Å². The van der Waals surface area contributed by atoms with Gasteiger partial charge in [-0.05, 0) is 35.1 Å². The molecule has 0 bridgehead atoms. The molecule has 134 valence electrons. The van der Waals surface area contributed by atoms with Crippen molar-refractivity contribution in [2.45, 2.75) is 29.6 Å². The van der Waals surface area contributed by atoms with Gasteiger partial charge in [0.2, 0.25) is 5.78 Å². The van der Waals surface area contributed by atoms with Crippen LogP contribution >= 0.6 is 11.8 Å². The third-order valence-corrected chi connectivity index (χ3v) is 6.07. The Morgan fingerprint density at radius 3 is 2.21 bits per heavy atom. The maximum atomic E-state index is 12.7. The van der Waals surface area contributed by atoms with Gasteiger partial charge in [0.25, 0.3) is 0 Å². The van der Waals surface area contributed by atoms with Gasteiger partial charge in [-0.15, -0.1) is 0 Å². The summed E-state index contributed by atoms with van der Waals surface area (Å²) in [5, 5.41) is 20.6. The number of carbonyl (C=O) groups is 1. The Morgan fingerprint density at radius 1 is 0.857 bits per heavy atom. The molecule has 0 amide bonds. The second-order valence-electron chi connectivity index (χ2n) is 6.97. The average molecular weight is 380 g/mol. The smallest absolute Gasteiger partial charge is 0.205 e. The largest absolute Gasteiger partial charge is 0.288 e. The van der Waals surface area contributed by atoms with Gasteiger partial charge in [0.05, 0.1) is 5.57 Å². The van der Waals surface area contributed by atoms with E-state index in [4.69, 9.17) is 0 Å². The zero-order valence-corrected chi connectivity index (χ0v) is 16.3. The van der Waals surface area contributed by atoms with E-state index in [0.29, 0.717) is 17.0 Å². The highest BCUT2D eigenvalue weighted by Gasteiger charge is 2.28. The predicted molar refractivity (Wildman–Crippen MR) is 111 cm³/mol. The minimum atomic E-state index is -0.374. The average Bonchev–Trinajstić information content (AvgIpc) is 2.71. The number of carbonyl (C=O) groups excluding carboxylic acids is 1. The SMILES string of the molecule is CC(C)c1ccc(Sc2ccc3c4c(cccc24)C(=O)C(C#N)=C3C#N)cc1. The van der Waals surface area contributed by atoms with Crippen molar-refractivity contribution in [1.29, 1.82) is 10.5 Å². The van der Waals surface area contributed by atoms with Gasteiger partial charge in [-0.2, -0.15) is 10.5 Å². The zero-order chi connectivity index (χ0) is 19.8. The van der Waals surface area contributed by atoms with Gasteiger partial charge in [-0.3, -0.25) is 4.79 Å². The molecule has 1 aliphatic rings. The van der Waals surface area contributed by atoms with Gasteiger partial charge in [0, 0.05) is 26.3 Å². The molecule has 0 fully saturated rings. The van der Waals surface area contributed by atoms with E-state index in [1.54, 1.807) is 17.8 Å². The Kier molecular flexibility index (Phi) is 4.51. The summed E-state index contributed by atoms with van der Waals surface area (Å²) in [5.41, 5.74) is 2.52. The molecule has 0 aliphatic heterocycles. The molecule has 0 heterocycles. The Labute approximate surface area is 167 Å². The lowest BCUT2D eigenvalue weighted by Gasteiger charge is -2.18. The van der Waals surface area contributed by atoms with Gasteiger partial charge >= 0.3 is 0 Å². The van der Waals surface area contributed by atoms with E-state index >= 15 is 0 Å². The van der Waals surface area contributed by atoms with Gasteiger partial charge < -0.3 is 0 Å². The molecule has 4 rings (SSSR count). The first-order valence-corrected chi connectivity index (χ1v) is 9.80. The minimum Gasteiger partial charge on any atom is -0.288 e. The molecule has 3 nitrogen and oxygen atoms in total. The topological polar surface area (TPSA) is 64.7 Å². The fourth-order valence-electron chi connectivity index (χ4n) is 3.52. The minimum absolute atomic E-state index is 0.0767. The zero-order valence-electron chi connectivity index (χ0n) is 15.5. The first-order valence-electron chi connectivity index (χ1n) is 8.98. The number of hydrogen-bond acceptors (Lipinski definition) is 4. The normalized spacial score (nSPS) is 13.0. The van der Waals surface area contributed by atoms with Crippen LogP contribution in [0.1, 0.15) is 41.3 Å². The van der Waals surface area contributed by atoms with Gasteiger partial charge in [0.15, 0.2) is 0 Å². The van der Waals surface area contributed by atoms with E-state index < -0.39 is 0 Å². The van der Waals surface area contributed by atoms with Crippen LogP contribution in [0.25, 0.3) is 16.3 Å². The number of allylic oxidation sites excluding steroid dienone is 2. The molecule has 0 atom stereocenters. The summed E-state index contributed by atoms with van der Waals surface area (Å²) >= 11 is 1.63. The number of rotatable bonds is 3. The molecule has 0 N–H and O–H groups in total. The van der Waals surface area contributed by atoms with Crippen molar-refractivity contribution in [2.24, 2.45) is 0 Å². The fraction of sp³-hybridized carbons (Fsp3) is 0.125. The quantitative estimate of drug-likeness (QED) is 0.550. The van der Waals surface area contributed by atoms with E-state index in [1.165, 1.54) is 5.56 Å². The first-order chi connectivity index (χ1) is 13.5. The fourth-order valence-corrected chi connectivity index (χ4v) is 4.46. The summed E-state index contributed by atoms with van der Waals surface area (Å²) in [6.07, 6.45) is 0. The highest BCUT2D eigenvalue weighted by atomic mass is 32.2. The lowest BCUT2D eigenvalue weighted by molar-refractivity contribution is 0.104. The summed E-state index contributed by atoms with van der Waals surface area (Å²) in [6, 6.07) is 21.8. The van der Waals surface area contributed by atoms with Crippen LogP contribution in [0, 0.1) is 22.7 Å². The van der Waals surface area contributed by atoms with Crippen molar-refractivity contribution < 1.29 is 4.79 Å². The lowest BCUT2D eigenvalue weighted by atomic mass is 9.83. The monoisotopic (exact) mass is 380 g/mol. The maximum absolute atomic E-state index is 12.7. The second-order valence-corrected chi connectivity index (χ2v) is 8.08. The third kappa shape index (κ3) is 2.80. The number of ketones is 1. The van der Waals surface area contributed by atoms with Crippen molar-refractivity contribution in [2.75, 3.05) is 0 Å². The van der Waals surface area contributed by atoms with Crippen LogP contribution in [0.15, 0.2) is 70.0 Å². The highest BCUT2D eigenvalue weighted by molar-refractivity contribution is 7.99. The Hall–Kier alpha value is -3.34. The summed E-state index contributed by atoms with van der Waals surface area (Å²) in [5.74, 6) is 0.108. The van der Waals surface area contributed by atoms with Gasteiger partial charge in [-0.25, -0.2) is 0 Å². The van der Waals surface area contributed by atoms with Crippen molar-refractivity contribution in [1.82, 2.24) is 0 Å². The van der Waals surface area contributed by atoms with Crippen LogP contribution in [0.4, 0.5) is 0 Å². The molecule has 0 spiro atoms. The number of benzene rings is 3. The lowest BCUT2D eigenvalue weighted by Crippen LogP contribution is -2.11. The van der Waals surface area contributed by atoms with Crippen LogP contribution in [-0.4, -0.2) is 5.78 Å². The van der Waals surface area contributed by atoms with E-state index in [1.807, 2.05) is 30.3 Å². The Morgan fingerprint density at radius 2 is 1.57 bits per heavy atom. The third-order valence-electron chi connectivity index (χ3n) is 4.99. The summed E-state index contributed by atoms with van der Waals surface area (Å²) in [4.78, 5) is 14.9. The Balaban J connectivity index is 1.87. The van der Waals surface area contributed by atoms with Gasteiger partial charge in [-0.1, -0.05) is 62.0 Å². The van der Waals surface area contributed by atoms with Crippen LogP contribution in [0.2, 0.25) is 0 Å². The van der Waals surface area contributed by atoms with Crippen molar-refractivity contribution >= 4 is 33.9 Å². The predicted octanol–water partition coefficient (Wildman–Crippen LogP) is 6.11. The van der Waals surface area contributed by atoms with Crippen molar-refractivity contribution in [3.8, 4) is 12.1 Å². The van der Waals surface area contributed by atoms with E-state index in [2.05, 4.69) is 44.2 Å². The van der Waals surface area contributed by atoms with E-state index in [0.717, 1.165) is 20.6 Å². The van der Waals surface area contributed by atoms with Crippen LogP contribution in [-0.2, 0) is 0 Å². The second kappa shape index (κ2) is 7.00. The van der Waals surface area contributed by atoms with Crippen LogP contribution in [0.3, 0.4) is 0 Å². The van der Waals surface area contributed by atoms with E-state index in [-0.39, 0.29) is 16.9 Å². The first kappa shape index (κ1) is 18.0. The molecule has 0 unspecified atom stereocenters. The molecular formula is C24H16N2OS. The number of Topliss-reactive ketones (excluding diaryl/α,β-unsaturated/α-hetero) is 1.